The van der Waals surface area contributed by atoms with E-state index >= 15 is 0 Å². The van der Waals surface area contributed by atoms with E-state index in [9.17, 15) is 0 Å². The summed E-state index contributed by atoms with van der Waals surface area (Å²) < 4.78 is 5.52. The first kappa shape index (κ1) is 13.3. The van der Waals surface area contributed by atoms with Crippen LogP contribution in [0.25, 0.3) is 0 Å². The fourth-order valence-electron chi connectivity index (χ4n) is 2.45. The Labute approximate surface area is 109 Å². The molecule has 0 aliphatic carbocycles. The molecule has 1 aliphatic heterocycles. The molecular formula is C14H23N3O. The second-order valence-corrected chi connectivity index (χ2v) is 5.07. The molecule has 0 bridgehead atoms. The summed E-state index contributed by atoms with van der Waals surface area (Å²) in [5.74, 6) is 0.677. The summed E-state index contributed by atoms with van der Waals surface area (Å²) in [5, 5.41) is 3.14. The predicted molar refractivity (Wildman–Crippen MR) is 73.7 cm³/mol. The smallest absolute Gasteiger partial charge is 0.0564 e. The molecule has 1 atom stereocenters. The van der Waals surface area contributed by atoms with Crippen LogP contribution in [0.1, 0.15) is 18.5 Å². The Morgan fingerprint density at radius 1 is 1.56 bits per heavy atom. The zero-order valence-electron chi connectivity index (χ0n) is 11.4. The van der Waals surface area contributed by atoms with Gasteiger partial charge in [0.15, 0.2) is 0 Å². The van der Waals surface area contributed by atoms with E-state index in [-0.39, 0.29) is 0 Å². The van der Waals surface area contributed by atoms with Gasteiger partial charge in [-0.15, -0.1) is 0 Å². The van der Waals surface area contributed by atoms with Crippen molar-refractivity contribution < 1.29 is 4.74 Å². The van der Waals surface area contributed by atoms with Crippen molar-refractivity contribution in [2.24, 2.45) is 5.92 Å². The van der Waals surface area contributed by atoms with E-state index < -0.39 is 0 Å². The van der Waals surface area contributed by atoms with Crippen molar-refractivity contribution in [2.75, 3.05) is 39.2 Å². The van der Waals surface area contributed by atoms with Crippen molar-refractivity contribution in [3.05, 3.63) is 24.0 Å². The maximum atomic E-state index is 5.52. The van der Waals surface area contributed by atoms with Crippen LogP contribution in [-0.2, 0) is 11.3 Å². The first-order valence-electron chi connectivity index (χ1n) is 6.67. The van der Waals surface area contributed by atoms with Gasteiger partial charge in [-0.3, -0.25) is 4.98 Å². The first-order valence-corrected chi connectivity index (χ1v) is 6.67. The number of nitrogens with one attached hydrogen (secondary N) is 1. The molecule has 1 N–H and O–H groups in total. The quantitative estimate of drug-likeness (QED) is 0.866. The van der Waals surface area contributed by atoms with E-state index in [4.69, 9.17) is 4.74 Å². The van der Waals surface area contributed by atoms with Crippen molar-refractivity contribution in [2.45, 2.75) is 19.4 Å². The number of nitrogens with zero attached hydrogens (tertiary/aromatic N) is 2. The molecule has 1 aromatic heterocycles. The number of rotatable bonds is 5. The van der Waals surface area contributed by atoms with Crippen LogP contribution < -0.4 is 5.32 Å². The molecular weight excluding hydrogens is 226 g/mol. The molecule has 1 aliphatic rings. The molecule has 0 amide bonds. The Morgan fingerprint density at radius 3 is 3.17 bits per heavy atom. The molecule has 4 heteroatoms. The first-order chi connectivity index (χ1) is 8.78. The highest BCUT2D eigenvalue weighted by atomic mass is 16.5. The van der Waals surface area contributed by atoms with Crippen molar-refractivity contribution in [1.29, 1.82) is 0 Å². The lowest BCUT2D eigenvalue weighted by Gasteiger charge is -2.26. The molecule has 2 rings (SSSR count). The lowest BCUT2D eigenvalue weighted by molar-refractivity contribution is 0.0410. The Kier molecular flexibility index (Phi) is 4.96. The maximum absolute atomic E-state index is 5.52. The number of hydrogen-bond donors (Lipinski definition) is 1. The molecule has 0 saturated carbocycles. The topological polar surface area (TPSA) is 37.4 Å². The van der Waals surface area contributed by atoms with E-state index in [0.29, 0.717) is 5.92 Å². The number of hydrogen-bond acceptors (Lipinski definition) is 4. The molecule has 1 aromatic rings. The average Bonchev–Trinajstić information content (AvgIpc) is 2.40. The van der Waals surface area contributed by atoms with Gasteiger partial charge in [-0.05, 0) is 37.9 Å². The van der Waals surface area contributed by atoms with Crippen LogP contribution in [0.3, 0.4) is 0 Å². The minimum absolute atomic E-state index is 0.677. The third-order valence-corrected chi connectivity index (χ3v) is 3.36. The van der Waals surface area contributed by atoms with Gasteiger partial charge in [0, 0.05) is 38.6 Å². The van der Waals surface area contributed by atoms with Crippen LogP contribution in [-0.4, -0.2) is 43.7 Å². The average molecular weight is 249 g/mol. The summed E-state index contributed by atoms with van der Waals surface area (Å²) in [4.78, 5) is 6.74. The van der Waals surface area contributed by atoms with Crippen LogP contribution >= 0.6 is 0 Å². The number of ether oxygens (including phenoxy) is 1. The van der Waals surface area contributed by atoms with Crippen molar-refractivity contribution >= 4 is 5.69 Å². The van der Waals surface area contributed by atoms with Crippen LogP contribution in [0.2, 0.25) is 0 Å². The summed E-state index contributed by atoms with van der Waals surface area (Å²) in [5.41, 5.74) is 2.23. The number of anilines is 1. The molecule has 4 nitrogen and oxygen atoms in total. The lowest BCUT2D eigenvalue weighted by atomic mass is 10.0. The van der Waals surface area contributed by atoms with Gasteiger partial charge in [-0.1, -0.05) is 0 Å². The second kappa shape index (κ2) is 6.71. The van der Waals surface area contributed by atoms with E-state index in [0.717, 1.165) is 37.7 Å². The lowest BCUT2D eigenvalue weighted by Crippen LogP contribution is -2.30. The highest BCUT2D eigenvalue weighted by Crippen LogP contribution is 2.15. The monoisotopic (exact) mass is 249 g/mol. The van der Waals surface area contributed by atoms with Crippen molar-refractivity contribution in [3.8, 4) is 0 Å². The third kappa shape index (κ3) is 3.96. The van der Waals surface area contributed by atoms with Crippen LogP contribution in [0.15, 0.2) is 18.3 Å². The van der Waals surface area contributed by atoms with E-state index in [1.54, 1.807) is 0 Å². The van der Waals surface area contributed by atoms with Crippen LogP contribution in [0, 0.1) is 5.92 Å². The molecule has 0 radical (unpaired) electrons. The Morgan fingerprint density at radius 2 is 2.44 bits per heavy atom. The predicted octanol–water partition coefficient (Wildman–Crippen LogP) is 1.98. The van der Waals surface area contributed by atoms with Gasteiger partial charge in [0.2, 0.25) is 0 Å². The standard InChI is InChI=1S/C14H23N3O/c1-15-13-5-6-16-14(8-13)10-17(2)9-12-4-3-7-18-11-12/h5-6,8,12H,3-4,7,9-11H2,1-2H3,(H,15,16). The zero-order valence-corrected chi connectivity index (χ0v) is 11.4. The molecule has 100 valence electrons. The summed E-state index contributed by atoms with van der Waals surface area (Å²) >= 11 is 0. The van der Waals surface area contributed by atoms with Crippen molar-refractivity contribution in [3.63, 3.8) is 0 Å². The molecule has 18 heavy (non-hydrogen) atoms. The molecule has 0 aromatic carbocycles. The Hall–Kier alpha value is -1.13. The minimum Gasteiger partial charge on any atom is -0.388 e. The summed E-state index contributed by atoms with van der Waals surface area (Å²) in [6.07, 6.45) is 4.35. The van der Waals surface area contributed by atoms with Gasteiger partial charge in [0.05, 0.1) is 12.3 Å². The van der Waals surface area contributed by atoms with Crippen LogP contribution in [0.5, 0.6) is 0 Å². The SMILES string of the molecule is CNc1ccnc(CN(C)CC2CCCOC2)c1. The minimum atomic E-state index is 0.677. The molecule has 1 saturated heterocycles. The molecule has 0 spiro atoms. The number of pyridine rings is 1. The van der Waals surface area contributed by atoms with E-state index in [2.05, 4.69) is 28.3 Å². The largest absolute Gasteiger partial charge is 0.388 e. The highest BCUT2D eigenvalue weighted by Gasteiger charge is 2.16. The summed E-state index contributed by atoms with van der Waals surface area (Å²) in [6, 6.07) is 4.09. The normalized spacial score (nSPS) is 20.1. The molecule has 1 unspecified atom stereocenters. The van der Waals surface area contributed by atoms with Crippen LogP contribution in [0.4, 0.5) is 5.69 Å². The van der Waals surface area contributed by atoms with E-state index in [1.807, 2.05) is 19.3 Å². The van der Waals surface area contributed by atoms with Crippen molar-refractivity contribution in [1.82, 2.24) is 9.88 Å². The number of aromatic nitrogens is 1. The maximum Gasteiger partial charge on any atom is 0.0564 e. The van der Waals surface area contributed by atoms with Gasteiger partial charge in [-0.25, -0.2) is 0 Å². The molecule has 1 fully saturated rings. The third-order valence-electron chi connectivity index (χ3n) is 3.36. The highest BCUT2D eigenvalue weighted by molar-refractivity contribution is 5.42. The van der Waals surface area contributed by atoms with Gasteiger partial charge in [0.1, 0.15) is 0 Å². The summed E-state index contributed by atoms with van der Waals surface area (Å²) in [6.45, 7) is 3.83. The Balaban J connectivity index is 1.83. The van der Waals surface area contributed by atoms with Gasteiger partial charge < -0.3 is 15.0 Å². The summed E-state index contributed by atoms with van der Waals surface area (Å²) in [7, 11) is 4.09. The van der Waals surface area contributed by atoms with Gasteiger partial charge >= 0.3 is 0 Å². The van der Waals surface area contributed by atoms with Gasteiger partial charge in [0.25, 0.3) is 0 Å². The zero-order chi connectivity index (χ0) is 12.8. The van der Waals surface area contributed by atoms with Gasteiger partial charge in [-0.2, -0.15) is 0 Å². The molecule has 2 heterocycles. The second-order valence-electron chi connectivity index (χ2n) is 5.07. The fourth-order valence-corrected chi connectivity index (χ4v) is 2.45. The Bertz CT molecular complexity index is 364. The fraction of sp³-hybridized carbons (Fsp3) is 0.643. The van der Waals surface area contributed by atoms with E-state index in [1.165, 1.54) is 12.8 Å².